The van der Waals surface area contributed by atoms with E-state index < -0.39 is 0 Å². The summed E-state index contributed by atoms with van der Waals surface area (Å²) < 4.78 is 5.88. The zero-order valence-corrected chi connectivity index (χ0v) is 16.1. The number of aryl methyl sites for hydroxylation is 3. The number of rotatable bonds is 6. The Morgan fingerprint density at radius 1 is 1.15 bits per heavy atom. The van der Waals surface area contributed by atoms with E-state index in [0.29, 0.717) is 0 Å². The number of amides is 1. The monoisotopic (exact) mass is 351 g/mol. The Labute approximate surface area is 156 Å². The molecular weight excluding hydrogens is 322 g/mol. The zero-order chi connectivity index (χ0) is 18.5. The van der Waals surface area contributed by atoms with Gasteiger partial charge in [-0.3, -0.25) is 4.79 Å². The molecule has 138 valence electrons. The van der Waals surface area contributed by atoms with E-state index in [-0.39, 0.29) is 18.6 Å². The molecular formula is C23H29NO2. The number of hydrogen-bond acceptors (Lipinski definition) is 2. The predicted molar refractivity (Wildman–Crippen MR) is 106 cm³/mol. The molecule has 0 fully saturated rings. The topological polar surface area (TPSA) is 38.3 Å². The molecule has 1 N–H and O–H groups in total. The van der Waals surface area contributed by atoms with E-state index in [4.69, 9.17) is 4.74 Å². The number of fused-ring (bicyclic) bond motifs is 1. The summed E-state index contributed by atoms with van der Waals surface area (Å²) in [6.07, 6.45) is 5.46. The Kier molecular flexibility index (Phi) is 5.97. The molecule has 1 unspecified atom stereocenters. The van der Waals surface area contributed by atoms with E-state index in [1.807, 2.05) is 12.1 Å². The van der Waals surface area contributed by atoms with Gasteiger partial charge in [0.1, 0.15) is 5.75 Å². The predicted octanol–water partition coefficient (Wildman–Crippen LogP) is 4.83. The lowest BCUT2D eigenvalue weighted by Gasteiger charge is -2.21. The van der Waals surface area contributed by atoms with Gasteiger partial charge in [-0.05, 0) is 74.3 Å². The third kappa shape index (κ3) is 4.27. The van der Waals surface area contributed by atoms with Crippen LogP contribution in [0.2, 0.25) is 0 Å². The zero-order valence-electron chi connectivity index (χ0n) is 16.1. The molecule has 3 nitrogen and oxygen atoms in total. The average Bonchev–Trinajstić information content (AvgIpc) is 2.65. The van der Waals surface area contributed by atoms with Crippen LogP contribution in [0.5, 0.6) is 5.75 Å². The van der Waals surface area contributed by atoms with Crippen molar-refractivity contribution in [2.24, 2.45) is 0 Å². The molecule has 0 radical (unpaired) electrons. The molecule has 0 heterocycles. The first-order valence-corrected chi connectivity index (χ1v) is 9.68. The van der Waals surface area contributed by atoms with Crippen LogP contribution in [-0.4, -0.2) is 12.5 Å². The van der Waals surface area contributed by atoms with E-state index in [1.54, 1.807) is 0 Å². The molecule has 0 aromatic heterocycles. The van der Waals surface area contributed by atoms with Crippen LogP contribution >= 0.6 is 0 Å². The van der Waals surface area contributed by atoms with Crippen molar-refractivity contribution in [2.75, 3.05) is 6.61 Å². The normalized spacial score (nSPS) is 14.4. The van der Waals surface area contributed by atoms with Gasteiger partial charge in [0.15, 0.2) is 6.61 Å². The molecule has 0 bridgehead atoms. The Morgan fingerprint density at radius 3 is 2.73 bits per heavy atom. The molecule has 1 aliphatic rings. The summed E-state index contributed by atoms with van der Waals surface area (Å²) in [5.41, 5.74) is 6.30. The molecule has 1 amide bonds. The molecule has 0 spiro atoms. The molecule has 0 aliphatic heterocycles. The third-order valence-corrected chi connectivity index (χ3v) is 5.26. The number of benzene rings is 2. The number of nitrogens with one attached hydrogen (secondary N) is 1. The van der Waals surface area contributed by atoms with Crippen molar-refractivity contribution in [3.63, 3.8) is 0 Å². The lowest BCUT2D eigenvalue weighted by Crippen LogP contribution is -2.33. The highest BCUT2D eigenvalue weighted by Gasteiger charge is 2.17. The smallest absolute Gasteiger partial charge is 0.258 e. The maximum Gasteiger partial charge on any atom is 0.258 e. The second-order valence-corrected chi connectivity index (χ2v) is 7.28. The fraction of sp³-hybridized carbons (Fsp3) is 0.435. The van der Waals surface area contributed by atoms with Crippen molar-refractivity contribution in [1.82, 2.24) is 5.32 Å². The van der Waals surface area contributed by atoms with Crippen LogP contribution in [0.4, 0.5) is 0 Å². The van der Waals surface area contributed by atoms with E-state index in [0.717, 1.165) is 25.0 Å². The molecule has 26 heavy (non-hydrogen) atoms. The van der Waals surface area contributed by atoms with Crippen molar-refractivity contribution in [3.8, 4) is 5.75 Å². The van der Waals surface area contributed by atoms with Crippen LogP contribution < -0.4 is 10.1 Å². The maximum atomic E-state index is 12.5. The summed E-state index contributed by atoms with van der Waals surface area (Å²) in [6, 6.07) is 12.6. The van der Waals surface area contributed by atoms with E-state index in [1.165, 1.54) is 40.7 Å². The molecule has 0 saturated carbocycles. The summed E-state index contributed by atoms with van der Waals surface area (Å²) in [7, 11) is 0. The maximum absolute atomic E-state index is 12.5. The number of carbonyl (C=O) groups excluding carboxylic acids is 1. The Balaban J connectivity index is 1.63. The summed E-state index contributed by atoms with van der Waals surface area (Å²) in [5.74, 6) is 0.808. The van der Waals surface area contributed by atoms with Gasteiger partial charge in [0.2, 0.25) is 0 Å². The lowest BCUT2D eigenvalue weighted by atomic mass is 9.91. The van der Waals surface area contributed by atoms with Gasteiger partial charge in [-0.1, -0.05) is 42.8 Å². The third-order valence-electron chi connectivity index (χ3n) is 5.26. The Hall–Kier alpha value is -2.29. The first-order chi connectivity index (χ1) is 12.6. The van der Waals surface area contributed by atoms with Gasteiger partial charge >= 0.3 is 0 Å². The van der Waals surface area contributed by atoms with Gasteiger partial charge in [0.25, 0.3) is 5.91 Å². The van der Waals surface area contributed by atoms with Crippen LogP contribution in [0.3, 0.4) is 0 Å². The molecule has 2 aromatic rings. The first kappa shape index (κ1) is 18.5. The molecule has 1 atom stereocenters. The summed E-state index contributed by atoms with van der Waals surface area (Å²) >= 11 is 0. The van der Waals surface area contributed by atoms with Crippen molar-refractivity contribution in [3.05, 3.63) is 64.2 Å². The van der Waals surface area contributed by atoms with Crippen LogP contribution in [0.15, 0.2) is 36.4 Å². The van der Waals surface area contributed by atoms with Crippen LogP contribution in [0, 0.1) is 13.8 Å². The lowest BCUT2D eigenvalue weighted by molar-refractivity contribution is -0.123. The molecule has 2 aromatic carbocycles. The SMILES string of the molecule is CCC(NC(=O)COc1cccc2c1CCCC2)c1ccc(C)cc1C. The van der Waals surface area contributed by atoms with Crippen molar-refractivity contribution < 1.29 is 9.53 Å². The van der Waals surface area contributed by atoms with Crippen LogP contribution in [-0.2, 0) is 17.6 Å². The first-order valence-electron chi connectivity index (χ1n) is 9.68. The van der Waals surface area contributed by atoms with Gasteiger partial charge in [-0.2, -0.15) is 0 Å². The standard InChI is InChI=1S/C23H29NO2/c1-4-21(19-13-12-16(2)14-17(19)3)24-23(25)15-26-22-11-7-9-18-8-5-6-10-20(18)22/h7,9,11-14,21H,4-6,8,10,15H2,1-3H3,(H,24,25). The minimum Gasteiger partial charge on any atom is -0.483 e. The van der Waals surface area contributed by atoms with Gasteiger partial charge < -0.3 is 10.1 Å². The largest absolute Gasteiger partial charge is 0.483 e. The van der Waals surface area contributed by atoms with Crippen molar-refractivity contribution in [2.45, 2.75) is 58.9 Å². The van der Waals surface area contributed by atoms with Crippen molar-refractivity contribution >= 4 is 5.91 Å². The van der Waals surface area contributed by atoms with Gasteiger partial charge in [0, 0.05) is 0 Å². The highest BCUT2D eigenvalue weighted by molar-refractivity contribution is 5.78. The minimum absolute atomic E-state index is 0.0244. The van der Waals surface area contributed by atoms with E-state index >= 15 is 0 Å². The Morgan fingerprint density at radius 2 is 1.96 bits per heavy atom. The van der Waals surface area contributed by atoms with Gasteiger partial charge in [-0.25, -0.2) is 0 Å². The molecule has 0 saturated heterocycles. The number of hydrogen-bond donors (Lipinski definition) is 1. The molecule has 1 aliphatic carbocycles. The molecule has 3 heteroatoms. The number of carbonyl (C=O) groups is 1. The average molecular weight is 351 g/mol. The summed E-state index contributed by atoms with van der Waals surface area (Å²) in [5, 5.41) is 3.13. The van der Waals surface area contributed by atoms with Gasteiger partial charge in [-0.15, -0.1) is 0 Å². The Bertz CT molecular complexity index is 782. The van der Waals surface area contributed by atoms with Crippen LogP contribution in [0.1, 0.15) is 60.0 Å². The second kappa shape index (κ2) is 8.39. The van der Waals surface area contributed by atoms with E-state index in [9.17, 15) is 4.79 Å². The van der Waals surface area contributed by atoms with Crippen molar-refractivity contribution in [1.29, 1.82) is 0 Å². The molecule has 3 rings (SSSR count). The summed E-state index contributed by atoms with van der Waals surface area (Å²) in [6.45, 7) is 6.35. The highest BCUT2D eigenvalue weighted by atomic mass is 16.5. The van der Waals surface area contributed by atoms with E-state index in [2.05, 4.69) is 50.4 Å². The van der Waals surface area contributed by atoms with Gasteiger partial charge in [0.05, 0.1) is 6.04 Å². The van der Waals surface area contributed by atoms with Crippen LogP contribution in [0.25, 0.3) is 0 Å². The fourth-order valence-electron chi connectivity index (χ4n) is 3.88. The number of ether oxygens (including phenoxy) is 1. The fourth-order valence-corrected chi connectivity index (χ4v) is 3.88. The summed E-state index contributed by atoms with van der Waals surface area (Å²) in [4.78, 5) is 12.5. The second-order valence-electron chi connectivity index (χ2n) is 7.28. The quantitative estimate of drug-likeness (QED) is 0.809. The highest BCUT2D eigenvalue weighted by Crippen LogP contribution is 2.29. The minimum atomic E-state index is -0.0646.